The molecule has 0 radical (unpaired) electrons. The standard InChI is InChI=1S/C49H55N10O7P/c1-28(2)43(59(50)49(64)67)47(62)58-27-34(60)24-41(58)45-52-25-38(54-45)30-12-10-29(11-13-30)36-16-14-32-23-33(15-17-37(32)53-36)39-26-51-44(55-39)40-9-6-20-57(40)46(61)42(31-7-4-3-5-8-31)56-48(63)66-35-18-21-65-22-19-35/h3-5,7-8,10-17,23,25-26,28,34-35,40-43,60H,6,9,18-22,24,27,50,67H2,1-2H3,(H,51,55)(H,52,54)(H,56,63)/t34-,40+,41+,42-,43+/m1/s1. The number of carbonyl (C=O) groups is 4. The number of aliphatic hydroxyl groups is 1. The summed E-state index contributed by atoms with van der Waals surface area (Å²) in [6.07, 6.45) is 4.95. The normalized spacial score (nSPS) is 19.7. The van der Waals surface area contributed by atoms with Gasteiger partial charge in [0.2, 0.25) is 5.91 Å². The van der Waals surface area contributed by atoms with Crippen molar-refractivity contribution in [1.29, 1.82) is 0 Å². The molecule has 17 nitrogen and oxygen atoms in total. The highest BCUT2D eigenvalue weighted by Crippen LogP contribution is 2.36. The summed E-state index contributed by atoms with van der Waals surface area (Å²) in [6, 6.07) is 24.7. The average Bonchev–Trinajstić information content (AvgIpc) is 4.18. The summed E-state index contributed by atoms with van der Waals surface area (Å²) in [7, 11) is 2.01. The van der Waals surface area contributed by atoms with E-state index in [-0.39, 0.29) is 36.4 Å². The lowest BCUT2D eigenvalue weighted by molar-refractivity contribution is -0.139. The molecule has 1 unspecified atom stereocenters. The van der Waals surface area contributed by atoms with Crippen LogP contribution in [-0.2, 0) is 19.1 Å². The third-order valence-corrected chi connectivity index (χ3v) is 13.2. The first-order valence-corrected chi connectivity index (χ1v) is 23.3. The minimum Gasteiger partial charge on any atom is -0.446 e. The van der Waals surface area contributed by atoms with Gasteiger partial charge in [0.1, 0.15) is 29.8 Å². The molecule has 3 aromatic heterocycles. The molecule has 4 amide bonds. The highest BCUT2D eigenvalue weighted by Gasteiger charge is 2.43. The van der Waals surface area contributed by atoms with E-state index >= 15 is 0 Å². The van der Waals surface area contributed by atoms with Crippen molar-refractivity contribution in [2.45, 2.75) is 82.3 Å². The van der Waals surface area contributed by atoms with Crippen LogP contribution in [0.4, 0.5) is 9.59 Å². The van der Waals surface area contributed by atoms with Crippen LogP contribution in [0.5, 0.6) is 0 Å². The molecule has 3 aliphatic rings. The number of hydrogen-bond donors (Lipinski definition) is 5. The first-order valence-electron chi connectivity index (χ1n) is 22.8. The number of β-amino-alcohol motifs (C(OH)–C–C–N with tert-alkyl or cyclic N) is 1. The number of likely N-dealkylation sites (tertiary alicyclic amines) is 2. The number of aromatic amines is 2. The molecule has 3 aliphatic heterocycles. The van der Waals surface area contributed by atoms with Crippen molar-refractivity contribution in [3.8, 4) is 33.8 Å². The van der Waals surface area contributed by atoms with E-state index in [9.17, 15) is 24.3 Å². The average molecular weight is 927 g/mol. The van der Waals surface area contributed by atoms with Crippen LogP contribution in [0.1, 0.15) is 81.3 Å². The number of hydrazine groups is 1. The fraction of sp³-hybridized carbons (Fsp3) is 0.367. The largest absolute Gasteiger partial charge is 0.446 e. The summed E-state index contributed by atoms with van der Waals surface area (Å²) in [4.78, 5) is 77.7. The third-order valence-electron chi connectivity index (χ3n) is 12.9. The van der Waals surface area contributed by atoms with Crippen molar-refractivity contribution in [2.24, 2.45) is 11.8 Å². The van der Waals surface area contributed by atoms with Crippen LogP contribution in [-0.4, -0.2) is 113 Å². The number of fused-ring (bicyclic) bond motifs is 1. The Morgan fingerprint density at radius 2 is 1.52 bits per heavy atom. The Bertz CT molecular complexity index is 2740. The van der Waals surface area contributed by atoms with Crippen molar-refractivity contribution < 1.29 is 33.8 Å². The van der Waals surface area contributed by atoms with Crippen molar-refractivity contribution in [2.75, 3.05) is 26.3 Å². The van der Waals surface area contributed by atoms with Crippen LogP contribution in [0.15, 0.2) is 97.3 Å². The van der Waals surface area contributed by atoms with E-state index in [0.29, 0.717) is 56.2 Å². The molecule has 3 saturated heterocycles. The summed E-state index contributed by atoms with van der Waals surface area (Å²) in [5, 5.41) is 15.4. The predicted octanol–water partition coefficient (Wildman–Crippen LogP) is 6.82. The Labute approximate surface area is 390 Å². The number of imidazole rings is 2. The zero-order valence-corrected chi connectivity index (χ0v) is 38.5. The van der Waals surface area contributed by atoms with Gasteiger partial charge in [-0.2, -0.15) is 0 Å². The van der Waals surface area contributed by atoms with Gasteiger partial charge in [0.15, 0.2) is 0 Å². The van der Waals surface area contributed by atoms with Gasteiger partial charge < -0.3 is 39.7 Å². The number of aliphatic hydroxyl groups excluding tert-OH is 1. The molecule has 3 fully saturated rings. The molecule has 348 valence electrons. The van der Waals surface area contributed by atoms with Gasteiger partial charge in [-0.3, -0.25) is 19.4 Å². The summed E-state index contributed by atoms with van der Waals surface area (Å²) in [6.45, 7) is 5.36. The zero-order chi connectivity index (χ0) is 46.8. The van der Waals surface area contributed by atoms with E-state index in [0.717, 1.165) is 62.5 Å². The highest BCUT2D eigenvalue weighted by molar-refractivity contribution is 7.39. The Kier molecular flexibility index (Phi) is 13.5. The van der Waals surface area contributed by atoms with E-state index in [1.54, 1.807) is 22.2 Å². The molecule has 67 heavy (non-hydrogen) atoms. The van der Waals surface area contributed by atoms with Gasteiger partial charge in [0, 0.05) is 48.9 Å². The van der Waals surface area contributed by atoms with Gasteiger partial charge in [-0.05, 0) is 57.3 Å². The maximum absolute atomic E-state index is 14.3. The lowest BCUT2D eigenvalue weighted by Gasteiger charge is -2.34. The molecule has 0 spiro atoms. The second-order valence-corrected chi connectivity index (χ2v) is 18.3. The minimum atomic E-state index is -0.920. The number of nitrogens with zero attached hydrogens (tertiary/aromatic N) is 6. The monoisotopic (exact) mass is 926 g/mol. The smallest absolute Gasteiger partial charge is 0.408 e. The van der Waals surface area contributed by atoms with E-state index in [4.69, 9.17) is 25.3 Å². The molecule has 6 aromatic rings. The number of nitrogens with one attached hydrogen (secondary N) is 3. The van der Waals surface area contributed by atoms with E-state index in [1.165, 1.54) is 0 Å². The number of ether oxygens (including phenoxy) is 2. The summed E-state index contributed by atoms with van der Waals surface area (Å²) in [5.74, 6) is 6.42. The van der Waals surface area contributed by atoms with E-state index in [2.05, 4.69) is 26.3 Å². The van der Waals surface area contributed by atoms with Crippen LogP contribution < -0.4 is 11.2 Å². The summed E-state index contributed by atoms with van der Waals surface area (Å²) in [5.41, 5.74) is 6.10. The van der Waals surface area contributed by atoms with Crippen LogP contribution in [0, 0.1) is 5.92 Å². The van der Waals surface area contributed by atoms with Crippen LogP contribution in [0.3, 0.4) is 0 Å². The first-order chi connectivity index (χ1) is 32.4. The number of H-pyrrole nitrogens is 2. The van der Waals surface area contributed by atoms with Gasteiger partial charge in [-0.25, -0.2) is 25.6 Å². The van der Waals surface area contributed by atoms with E-state index < -0.39 is 36.0 Å². The zero-order valence-electron chi connectivity index (χ0n) is 37.4. The highest BCUT2D eigenvalue weighted by atomic mass is 31.0. The molecule has 6 N–H and O–H groups in total. The number of hydrogen-bond acceptors (Lipinski definition) is 11. The number of alkyl carbamates (subject to hydrolysis) is 1. The number of rotatable bonds is 12. The number of benzene rings is 3. The Morgan fingerprint density at radius 3 is 2.22 bits per heavy atom. The number of nitrogens with two attached hydrogens (primary N) is 1. The molecule has 6 heterocycles. The second kappa shape index (κ2) is 19.8. The third kappa shape index (κ3) is 9.82. The summed E-state index contributed by atoms with van der Waals surface area (Å²) < 4.78 is 11.1. The van der Waals surface area contributed by atoms with E-state index in [1.807, 2.05) is 102 Å². The Balaban J connectivity index is 0.868. The van der Waals surface area contributed by atoms with Crippen molar-refractivity contribution >= 4 is 43.7 Å². The molecule has 0 bridgehead atoms. The Morgan fingerprint density at radius 1 is 0.851 bits per heavy atom. The van der Waals surface area contributed by atoms with Gasteiger partial charge in [0.05, 0.1) is 66.4 Å². The van der Waals surface area contributed by atoms with Gasteiger partial charge in [0.25, 0.3) is 11.6 Å². The maximum Gasteiger partial charge on any atom is 0.408 e. The van der Waals surface area contributed by atoms with Crippen molar-refractivity contribution in [1.82, 2.24) is 45.0 Å². The maximum atomic E-state index is 14.3. The fourth-order valence-corrected chi connectivity index (χ4v) is 9.60. The fourth-order valence-electron chi connectivity index (χ4n) is 9.44. The molecule has 6 atom stereocenters. The predicted molar refractivity (Wildman–Crippen MR) is 254 cm³/mol. The molecular weight excluding hydrogens is 872 g/mol. The SMILES string of the molecule is CC(C)[C@@H](C(=O)N1C[C@H](O)C[C@H]1c1ncc(-c2ccc(-c3ccc4cc(-c5cnc([C@@H]6CCCN6C(=O)[C@H](NC(=O)OC6CCOCC6)c6ccccc6)[nH]5)ccc4n3)cc2)[nH]1)N(N)C(=O)P. The number of amides is 4. The van der Waals surface area contributed by atoms with Crippen LogP contribution in [0.25, 0.3) is 44.7 Å². The van der Waals surface area contributed by atoms with Gasteiger partial charge in [-0.1, -0.05) is 80.6 Å². The molecular formula is C49H55N10O7P. The minimum absolute atomic E-state index is 0.109. The quantitative estimate of drug-likeness (QED) is 0.0371. The Hall–Kier alpha value is -6.52. The number of aromatic nitrogens is 5. The van der Waals surface area contributed by atoms with Crippen LogP contribution in [0.2, 0.25) is 0 Å². The first kappa shape index (κ1) is 45.6. The molecule has 0 saturated carbocycles. The van der Waals surface area contributed by atoms with Crippen molar-refractivity contribution in [3.05, 3.63) is 115 Å². The second-order valence-electron chi connectivity index (χ2n) is 17.8. The topological polar surface area (TPSA) is 225 Å². The lowest BCUT2D eigenvalue weighted by atomic mass is 10.0. The molecule has 18 heteroatoms. The van der Waals surface area contributed by atoms with Crippen molar-refractivity contribution in [3.63, 3.8) is 0 Å². The molecule has 9 rings (SSSR count). The van der Waals surface area contributed by atoms with Crippen LogP contribution >= 0.6 is 9.24 Å². The number of carbonyl (C=O) groups excluding carboxylic acids is 4. The van der Waals surface area contributed by atoms with Gasteiger partial charge >= 0.3 is 6.09 Å². The molecule has 0 aliphatic carbocycles. The van der Waals surface area contributed by atoms with Gasteiger partial charge in [-0.15, -0.1) is 0 Å². The lowest BCUT2D eigenvalue weighted by Crippen LogP contribution is -2.55. The summed E-state index contributed by atoms with van der Waals surface area (Å²) >= 11 is 0. The number of pyridine rings is 1. The molecule has 3 aromatic carbocycles.